The number of halogens is 4. The highest BCUT2D eigenvalue weighted by Crippen LogP contribution is 2.31. The topological polar surface area (TPSA) is 58.6 Å². The molecule has 1 aromatic rings. The summed E-state index contributed by atoms with van der Waals surface area (Å²) in [7, 11) is 0. The summed E-state index contributed by atoms with van der Waals surface area (Å²) in [6.45, 7) is 4.27. The lowest BCUT2D eigenvalue weighted by Crippen LogP contribution is -2.40. The Bertz CT molecular complexity index is 545. The van der Waals surface area contributed by atoms with Crippen molar-refractivity contribution in [2.75, 3.05) is 6.54 Å². The molecule has 0 amide bonds. The van der Waals surface area contributed by atoms with Crippen LogP contribution in [0.25, 0.3) is 0 Å². The van der Waals surface area contributed by atoms with Crippen molar-refractivity contribution in [2.24, 2.45) is 5.41 Å². The van der Waals surface area contributed by atoms with Gasteiger partial charge in [-0.2, -0.15) is 0 Å². The van der Waals surface area contributed by atoms with Crippen molar-refractivity contribution in [3.63, 3.8) is 0 Å². The number of aliphatic carboxylic acids is 1. The minimum atomic E-state index is -4.74. The fourth-order valence-corrected chi connectivity index (χ4v) is 2.69. The molecule has 0 fully saturated rings. The summed E-state index contributed by atoms with van der Waals surface area (Å²) >= 11 is 3.03. The SMILES string of the molecule is CCC(CC)(CNCc1ccc(OC(F)(F)F)c(Br)c1)C(=O)O. The van der Waals surface area contributed by atoms with Crippen molar-refractivity contribution in [1.82, 2.24) is 5.32 Å². The average Bonchev–Trinajstić information content (AvgIpc) is 2.45. The van der Waals surface area contributed by atoms with Crippen molar-refractivity contribution in [3.05, 3.63) is 28.2 Å². The van der Waals surface area contributed by atoms with Gasteiger partial charge in [-0.05, 0) is 46.5 Å². The monoisotopic (exact) mass is 397 g/mol. The van der Waals surface area contributed by atoms with Crippen LogP contribution in [0.1, 0.15) is 32.3 Å². The summed E-state index contributed by atoms with van der Waals surface area (Å²) in [6.07, 6.45) is -3.76. The first-order valence-electron chi connectivity index (χ1n) is 7.12. The summed E-state index contributed by atoms with van der Waals surface area (Å²) in [5.41, 5.74) is -0.116. The molecule has 0 bridgehead atoms. The number of carboxylic acid groups (broad SMARTS) is 1. The molecule has 0 radical (unpaired) electrons. The van der Waals surface area contributed by atoms with Crippen molar-refractivity contribution in [1.29, 1.82) is 0 Å². The molecule has 2 N–H and O–H groups in total. The van der Waals surface area contributed by atoms with Gasteiger partial charge >= 0.3 is 12.3 Å². The van der Waals surface area contributed by atoms with Crippen LogP contribution >= 0.6 is 15.9 Å². The Balaban J connectivity index is 2.69. The molecule has 0 aliphatic carbocycles. The number of alkyl halides is 3. The fraction of sp³-hybridized carbons (Fsp3) is 0.533. The zero-order valence-corrected chi connectivity index (χ0v) is 14.4. The van der Waals surface area contributed by atoms with Gasteiger partial charge in [-0.3, -0.25) is 4.79 Å². The molecular formula is C15H19BrF3NO3. The minimum Gasteiger partial charge on any atom is -0.481 e. The standard InChI is InChI=1S/C15H19BrF3NO3/c1-3-14(4-2,13(21)22)9-20-8-10-5-6-12(11(16)7-10)23-15(17,18)19/h5-7,20H,3-4,8-9H2,1-2H3,(H,21,22). The van der Waals surface area contributed by atoms with Gasteiger partial charge < -0.3 is 15.2 Å². The van der Waals surface area contributed by atoms with Gasteiger partial charge in [-0.15, -0.1) is 13.2 Å². The Morgan fingerprint density at radius 2 is 1.91 bits per heavy atom. The highest BCUT2D eigenvalue weighted by atomic mass is 79.9. The summed E-state index contributed by atoms with van der Waals surface area (Å²) in [6, 6.07) is 4.23. The van der Waals surface area contributed by atoms with Gasteiger partial charge in [-0.25, -0.2) is 0 Å². The van der Waals surface area contributed by atoms with Gasteiger partial charge in [0.2, 0.25) is 0 Å². The molecule has 0 saturated heterocycles. The van der Waals surface area contributed by atoms with Gasteiger partial charge in [-0.1, -0.05) is 19.9 Å². The molecule has 8 heteroatoms. The van der Waals surface area contributed by atoms with Gasteiger partial charge in [0.15, 0.2) is 0 Å². The minimum absolute atomic E-state index is 0.185. The number of hydrogen-bond acceptors (Lipinski definition) is 3. The van der Waals surface area contributed by atoms with E-state index >= 15 is 0 Å². The first kappa shape index (κ1) is 19.8. The number of rotatable bonds is 8. The van der Waals surface area contributed by atoms with Crippen molar-refractivity contribution in [2.45, 2.75) is 39.6 Å². The molecule has 1 rings (SSSR count). The van der Waals surface area contributed by atoms with E-state index in [9.17, 15) is 23.1 Å². The number of ether oxygens (including phenoxy) is 1. The number of carbonyl (C=O) groups is 1. The van der Waals surface area contributed by atoms with E-state index in [4.69, 9.17) is 0 Å². The largest absolute Gasteiger partial charge is 0.573 e. The van der Waals surface area contributed by atoms with Gasteiger partial charge in [0.1, 0.15) is 5.75 Å². The van der Waals surface area contributed by atoms with Crippen molar-refractivity contribution < 1.29 is 27.8 Å². The molecule has 23 heavy (non-hydrogen) atoms. The maximum absolute atomic E-state index is 12.2. The van der Waals surface area contributed by atoms with E-state index in [1.54, 1.807) is 0 Å². The van der Waals surface area contributed by atoms with E-state index in [2.05, 4.69) is 26.0 Å². The number of benzene rings is 1. The van der Waals surface area contributed by atoms with E-state index in [0.29, 0.717) is 19.4 Å². The molecule has 0 unspecified atom stereocenters. The Labute approximate surface area is 141 Å². The second-order valence-corrected chi connectivity index (χ2v) is 6.06. The highest BCUT2D eigenvalue weighted by Gasteiger charge is 2.34. The van der Waals surface area contributed by atoms with Crippen LogP contribution in [-0.4, -0.2) is 24.0 Å². The molecule has 4 nitrogen and oxygen atoms in total. The molecule has 0 aliphatic rings. The Morgan fingerprint density at radius 3 is 2.35 bits per heavy atom. The normalized spacial score (nSPS) is 12.3. The van der Waals surface area contributed by atoms with Crippen LogP contribution in [0.2, 0.25) is 0 Å². The lowest BCUT2D eigenvalue weighted by Gasteiger charge is -2.27. The van der Waals surface area contributed by atoms with Gasteiger partial charge in [0.05, 0.1) is 9.89 Å². The van der Waals surface area contributed by atoms with Gasteiger partial charge in [0.25, 0.3) is 0 Å². The van der Waals surface area contributed by atoms with Crippen LogP contribution in [0.4, 0.5) is 13.2 Å². The Kier molecular flexibility index (Phi) is 6.88. The molecule has 130 valence electrons. The molecule has 0 aromatic heterocycles. The van der Waals surface area contributed by atoms with E-state index in [0.717, 1.165) is 5.56 Å². The van der Waals surface area contributed by atoms with Crippen molar-refractivity contribution in [3.8, 4) is 5.75 Å². The molecule has 0 aliphatic heterocycles. The molecular weight excluding hydrogens is 379 g/mol. The van der Waals surface area contributed by atoms with Crippen LogP contribution in [0, 0.1) is 5.41 Å². The maximum Gasteiger partial charge on any atom is 0.573 e. The quantitative estimate of drug-likeness (QED) is 0.685. The Hall–Kier alpha value is -1.28. The third-order valence-electron chi connectivity index (χ3n) is 3.82. The molecule has 0 spiro atoms. The number of nitrogens with one attached hydrogen (secondary N) is 1. The third-order valence-corrected chi connectivity index (χ3v) is 4.44. The summed E-state index contributed by atoms with van der Waals surface area (Å²) < 4.78 is 40.6. The van der Waals surface area contributed by atoms with Crippen LogP contribution < -0.4 is 10.1 Å². The van der Waals surface area contributed by atoms with E-state index < -0.39 is 17.7 Å². The zero-order chi connectivity index (χ0) is 17.7. The highest BCUT2D eigenvalue weighted by molar-refractivity contribution is 9.10. The van der Waals surface area contributed by atoms with E-state index in [1.165, 1.54) is 18.2 Å². The molecule has 1 aromatic carbocycles. The molecule has 0 atom stereocenters. The first-order valence-corrected chi connectivity index (χ1v) is 7.91. The number of hydrogen-bond donors (Lipinski definition) is 2. The van der Waals surface area contributed by atoms with Crippen LogP contribution in [0.3, 0.4) is 0 Å². The second kappa shape index (κ2) is 8.01. The predicted octanol–water partition coefficient (Wildman–Crippen LogP) is 4.33. The lowest BCUT2D eigenvalue weighted by atomic mass is 9.82. The average molecular weight is 398 g/mol. The summed E-state index contributed by atoms with van der Waals surface area (Å²) in [5, 5.41) is 12.4. The second-order valence-electron chi connectivity index (χ2n) is 5.21. The summed E-state index contributed by atoms with van der Waals surface area (Å²) in [4.78, 5) is 11.4. The van der Waals surface area contributed by atoms with Gasteiger partial charge in [0, 0.05) is 13.1 Å². The Morgan fingerprint density at radius 1 is 1.30 bits per heavy atom. The van der Waals surface area contributed by atoms with Crippen LogP contribution in [0.15, 0.2) is 22.7 Å². The lowest BCUT2D eigenvalue weighted by molar-refractivity contribution is -0.274. The fourth-order valence-electron chi connectivity index (χ4n) is 2.19. The first-order chi connectivity index (χ1) is 10.6. The molecule has 0 saturated carbocycles. The number of carboxylic acids is 1. The van der Waals surface area contributed by atoms with Crippen molar-refractivity contribution >= 4 is 21.9 Å². The smallest absolute Gasteiger partial charge is 0.481 e. The zero-order valence-electron chi connectivity index (χ0n) is 12.8. The molecule has 0 heterocycles. The summed E-state index contributed by atoms with van der Waals surface area (Å²) in [5.74, 6) is -1.17. The van der Waals surface area contributed by atoms with E-state index in [-0.39, 0.29) is 16.8 Å². The van der Waals surface area contributed by atoms with Crippen LogP contribution in [-0.2, 0) is 11.3 Å². The van der Waals surface area contributed by atoms with E-state index in [1.807, 2.05) is 13.8 Å². The third kappa shape index (κ3) is 5.69. The maximum atomic E-state index is 12.2. The predicted molar refractivity (Wildman–Crippen MR) is 83.2 cm³/mol. The van der Waals surface area contributed by atoms with Crippen LogP contribution in [0.5, 0.6) is 5.75 Å².